The SMILES string of the molecule is O=C(CCc1ncn[nH]1)N1CCN(S(=O)(=O)c2ccc(F)c(F)c2)CC1. The van der Waals surface area contributed by atoms with Crippen molar-refractivity contribution in [1.29, 1.82) is 0 Å². The molecule has 0 spiro atoms. The largest absolute Gasteiger partial charge is 0.340 e. The van der Waals surface area contributed by atoms with Gasteiger partial charge in [-0.05, 0) is 18.2 Å². The highest BCUT2D eigenvalue weighted by atomic mass is 32.2. The Kier molecular flexibility index (Phi) is 5.28. The van der Waals surface area contributed by atoms with Gasteiger partial charge < -0.3 is 4.90 Å². The maximum Gasteiger partial charge on any atom is 0.243 e. The number of piperazine rings is 1. The zero-order valence-electron chi connectivity index (χ0n) is 13.7. The quantitative estimate of drug-likeness (QED) is 0.810. The molecular weight excluding hydrogens is 368 g/mol. The van der Waals surface area contributed by atoms with Crippen LogP contribution in [0.15, 0.2) is 29.4 Å². The van der Waals surface area contributed by atoms with Gasteiger partial charge in [-0.15, -0.1) is 0 Å². The van der Waals surface area contributed by atoms with Gasteiger partial charge in [0.1, 0.15) is 12.2 Å². The number of nitrogens with one attached hydrogen (secondary N) is 1. The molecule has 1 saturated heterocycles. The van der Waals surface area contributed by atoms with Crippen molar-refractivity contribution >= 4 is 15.9 Å². The molecule has 1 aliphatic heterocycles. The second-order valence-corrected chi connectivity index (χ2v) is 7.73. The third-order valence-corrected chi connectivity index (χ3v) is 6.06. The van der Waals surface area contributed by atoms with Gasteiger partial charge >= 0.3 is 0 Å². The Morgan fingerprint density at radius 2 is 1.88 bits per heavy atom. The van der Waals surface area contributed by atoms with E-state index in [1.807, 2.05) is 0 Å². The summed E-state index contributed by atoms with van der Waals surface area (Å²) in [6.45, 7) is 0.654. The molecule has 0 atom stereocenters. The molecule has 0 aliphatic carbocycles. The Morgan fingerprint density at radius 1 is 1.15 bits per heavy atom. The minimum atomic E-state index is -3.93. The van der Waals surface area contributed by atoms with Crippen LogP contribution in [0, 0.1) is 11.6 Å². The molecule has 140 valence electrons. The summed E-state index contributed by atoms with van der Waals surface area (Å²) >= 11 is 0. The van der Waals surface area contributed by atoms with Crippen LogP contribution in [0.5, 0.6) is 0 Å². The standard InChI is InChI=1S/C15H17F2N5O3S/c16-12-2-1-11(9-13(12)17)26(24,25)22-7-5-21(6-8-22)15(23)4-3-14-18-10-19-20-14/h1-2,9-10H,3-8H2,(H,18,19,20). The number of carbonyl (C=O) groups excluding carboxylic acids is 1. The van der Waals surface area contributed by atoms with E-state index >= 15 is 0 Å². The van der Waals surface area contributed by atoms with Crippen LogP contribution < -0.4 is 0 Å². The number of amides is 1. The fraction of sp³-hybridized carbons (Fsp3) is 0.400. The van der Waals surface area contributed by atoms with E-state index in [2.05, 4.69) is 15.2 Å². The van der Waals surface area contributed by atoms with Crippen LogP contribution in [0.4, 0.5) is 8.78 Å². The van der Waals surface area contributed by atoms with Gasteiger partial charge in [0, 0.05) is 39.0 Å². The van der Waals surface area contributed by atoms with Crippen molar-refractivity contribution in [3.8, 4) is 0 Å². The lowest BCUT2D eigenvalue weighted by Crippen LogP contribution is -2.50. The van der Waals surface area contributed by atoms with Crippen molar-refractivity contribution in [3.63, 3.8) is 0 Å². The number of rotatable bonds is 5. The van der Waals surface area contributed by atoms with Crippen molar-refractivity contribution in [2.24, 2.45) is 0 Å². The second-order valence-electron chi connectivity index (χ2n) is 5.79. The van der Waals surface area contributed by atoms with E-state index in [9.17, 15) is 22.0 Å². The molecule has 1 N–H and O–H groups in total. The Balaban J connectivity index is 1.58. The van der Waals surface area contributed by atoms with Crippen LogP contribution >= 0.6 is 0 Å². The zero-order valence-corrected chi connectivity index (χ0v) is 14.5. The number of aromatic nitrogens is 3. The molecule has 0 radical (unpaired) electrons. The van der Waals surface area contributed by atoms with Crippen molar-refractivity contribution in [2.45, 2.75) is 17.7 Å². The Hall–Kier alpha value is -2.40. The highest BCUT2D eigenvalue weighted by molar-refractivity contribution is 7.89. The van der Waals surface area contributed by atoms with Crippen molar-refractivity contribution in [2.75, 3.05) is 26.2 Å². The summed E-state index contributed by atoms with van der Waals surface area (Å²) in [6, 6.07) is 2.48. The molecule has 1 aromatic carbocycles. The molecule has 1 fully saturated rings. The number of benzene rings is 1. The zero-order chi connectivity index (χ0) is 18.7. The number of carbonyl (C=O) groups is 1. The van der Waals surface area contributed by atoms with Crippen LogP contribution in [-0.4, -0.2) is 64.9 Å². The molecule has 8 nitrogen and oxygen atoms in total. The van der Waals surface area contributed by atoms with Crippen LogP contribution in [0.1, 0.15) is 12.2 Å². The maximum atomic E-state index is 13.3. The number of aromatic amines is 1. The first kappa shape index (κ1) is 18.4. The van der Waals surface area contributed by atoms with E-state index in [-0.39, 0.29) is 43.4 Å². The van der Waals surface area contributed by atoms with Gasteiger partial charge in [-0.25, -0.2) is 22.2 Å². The van der Waals surface area contributed by atoms with E-state index in [1.54, 1.807) is 4.90 Å². The molecular formula is C15H17F2N5O3S. The van der Waals surface area contributed by atoms with Crippen LogP contribution in [0.3, 0.4) is 0 Å². The first-order chi connectivity index (χ1) is 12.4. The highest BCUT2D eigenvalue weighted by Gasteiger charge is 2.30. The second kappa shape index (κ2) is 7.46. The average molecular weight is 385 g/mol. The van der Waals surface area contributed by atoms with E-state index in [0.717, 1.165) is 12.1 Å². The molecule has 3 rings (SSSR count). The summed E-state index contributed by atoms with van der Waals surface area (Å²) < 4.78 is 52.5. The summed E-state index contributed by atoms with van der Waals surface area (Å²) in [7, 11) is -3.93. The highest BCUT2D eigenvalue weighted by Crippen LogP contribution is 2.20. The Labute approximate surface area is 148 Å². The molecule has 2 heterocycles. The van der Waals surface area contributed by atoms with Crippen molar-refractivity contribution in [1.82, 2.24) is 24.4 Å². The third kappa shape index (κ3) is 3.88. The van der Waals surface area contributed by atoms with Gasteiger partial charge in [0.15, 0.2) is 11.6 Å². The van der Waals surface area contributed by atoms with Crippen molar-refractivity contribution in [3.05, 3.63) is 42.0 Å². The molecule has 0 unspecified atom stereocenters. The van der Waals surface area contributed by atoms with Gasteiger partial charge in [0.2, 0.25) is 15.9 Å². The molecule has 2 aromatic rings. The van der Waals surface area contributed by atoms with E-state index in [1.165, 1.54) is 10.6 Å². The minimum Gasteiger partial charge on any atom is -0.340 e. The predicted octanol–water partition coefficient (Wildman–Crippen LogP) is 0.549. The number of nitrogens with zero attached hydrogens (tertiary/aromatic N) is 4. The number of halogens is 2. The van der Waals surface area contributed by atoms with Crippen LogP contribution in [-0.2, 0) is 21.2 Å². The number of sulfonamides is 1. The summed E-state index contributed by atoms with van der Waals surface area (Å²) in [6.07, 6.45) is 2.03. The fourth-order valence-electron chi connectivity index (χ4n) is 2.70. The maximum absolute atomic E-state index is 13.3. The molecule has 1 aliphatic rings. The summed E-state index contributed by atoms with van der Waals surface area (Å²) in [4.78, 5) is 17.4. The van der Waals surface area contributed by atoms with Crippen molar-refractivity contribution < 1.29 is 22.0 Å². The predicted molar refractivity (Wildman–Crippen MR) is 86.4 cm³/mol. The lowest BCUT2D eigenvalue weighted by atomic mass is 10.2. The first-order valence-electron chi connectivity index (χ1n) is 7.95. The average Bonchev–Trinajstić information content (AvgIpc) is 3.15. The number of aryl methyl sites for hydroxylation is 1. The number of hydrogen-bond donors (Lipinski definition) is 1. The van der Waals surface area contributed by atoms with Gasteiger partial charge in [0.25, 0.3) is 0 Å². The molecule has 1 amide bonds. The van der Waals surface area contributed by atoms with E-state index < -0.39 is 21.7 Å². The summed E-state index contributed by atoms with van der Waals surface area (Å²) in [5.41, 5.74) is 0. The summed E-state index contributed by atoms with van der Waals surface area (Å²) in [5, 5.41) is 6.38. The minimum absolute atomic E-state index is 0.0926. The molecule has 26 heavy (non-hydrogen) atoms. The van der Waals surface area contributed by atoms with Crippen LogP contribution in [0.2, 0.25) is 0 Å². The Bertz CT molecular complexity index is 881. The molecule has 0 bridgehead atoms. The normalized spacial score (nSPS) is 16.0. The Morgan fingerprint density at radius 3 is 2.50 bits per heavy atom. The third-order valence-electron chi connectivity index (χ3n) is 4.16. The van der Waals surface area contributed by atoms with Gasteiger partial charge in [0.05, 0.1) is 4.90 Å². The van der Waals surface area contributed by atoms with E-state index in [0.29, 0.717) is 18.3 Å². The summed E-state index contributed by atoms with van der Waals surface area (Å²) in [5.74, 6) is -1.82. The van der Waals surface area contributed by atoms with Gasteiger partial charge in [-0.2, -0.15) is 9.40 Å². The molecule has 0 saturated carbocycles. The molecule has 1 aromatic heterocycles. The van der Waals surface area contributed by atoms with Gasteiger partial charge in [-0.3, -0.25) is 9.89 Å². The number of H-pyrrole nitrogens is 1. The smallest absolute Gasteiger partial charge is 0.243 e. The lowest BCUT2D eigenvalue weighted by molar-refractivity contribution is -0.132. The number of hydrogen-bond acceptors (Lipinski definition) is 5. The fourth-order valence-corrected chi connectivity index (χ4v) is 4.13. The topological polar surface area (TPSA) is 99.3 Å². The molecule has 11 heteroatoms. The van der Waals surface area contributed by atoms with Gasteiger partial charge in [-0.1, -0.05) is 0 Å². The van der Waals surface area contributed by atoms with Crippen LogP contribution in [0.25, 0.3) is 0 Å². The van der Waals surface area contributed by atoms with E-state index in [4.69, 9.17) is 0 Å². The first-order valence-corrected chi connectivity index (χ1v) is 9.39. The monoisotopic (exact) mass is 385 g/mol. The lowest BCUT2D eigenvalue weighted by Gasteiger charge is -2.34.